The van der Waals surface area contributed by atoms with Gasteiger partial charge in [-0.2, -0.15) is 5.10 Å². The molecule has 0 aliphatic carbocycles. The Bertz CT molecular complexity index is 1110. The van der Waals surface area contributed by atoms with Crippen molar-refractivity contribution in [2.24, 2.45) is 5.10 Å². The van der Waals surface area contributed by atoms with Gasteiger partial charge in [0, 0.05) is 23.3 Å². The molecule has 0 aliphatic rings. The van der Waals surface area contributed by atoms with Crippen LogP contribution < -0.4 is 10.2 Å². The lowest BCUT2D eigenvalue weighted by molar-refractivity contribution is -0.384. The van der Waals surface area contributed by atoms with Crippen LogP contribution >= 0.6 is 22.6 Å². The van der Waals surface area contributed by atoms with Crippen molar-refractivity contribution < 1.29 is 18.9 Å². The summed E-state index contributed by atoms with van der Waals surface area (Å²) in [6.07, 6.45) is 1.36. The maximum atomic E-state index is 12.2. The predicted molar refractivity (Wildman–Crippen MR) is 116 cm³/mol. The third-order valence-electron chi connectivity index (χ3n) is 4.10. The highest BCUT2D eigenvalue weighted by Crippen LogP contribution is 2.28. The number of nitrogens with one attached hydrogen (secondary N) is 1. The summed E-state index contributed by atoms with van der Waals surface area (Å²) in [5.74, 6) is 1.08. The highest BCUT2D eigenvalue weighted by atomic mass is 127. The van der Waals surface area contributed by atoms with Crippen molar-refractivity contribution in [2.45, 2.75) is 6.92 Å². The molecule has 8 nitrogen and oxygen atoms in total. The first-order chi connectivity index (χ1) is 13.9. The number of carbonyl (C=O) groups excluding carboxylic acids is 1. The van der Waals surface area contributed by atoms with Crippen molar-refractivity contribution in [1.29, 1.82) is 0 Å². The number of nitro benzene ring substituents is 1. The first kappa shape index (κ1) is 20.5. The van der Waals surface area contributed by atoms with E-state index in [-0.39, 0.29) is 5.69 Å². The number of non-ortho nitro benzene ring substituents is 1. The largest absolute Gasteiger partial charge is 0.496 e. The zero-order valence-corrected chi connectivity index (χ0v) is 17.7. The van der Waals surface area contributed by atoms with E-state index in [9.17, 15) is 14.9 Å². The number of methoxy groups -OCH3 is 1. The second-order valence-corrected chi connectivity index (χ2v) is 7.17. The van der Waals surface area contributed by atoms with E-state index in [2.05, 4.69) is 33.1 Å². The van der Waals surface area contributed by atoms with Gasteiger partial charge in [-0.15, -0.1) is 0 Å². The average molecular weight is 505 g/mol. The smallest absolute Gasteiger partial charge is 0.271 e. The SMILES string of the molecule is COc1cc(C(=O)N/N=C\c2ccc(-c3cc([N+](=O)[O-])ccc3C)o2)ccc1I. The lowest BCUT2D eigenvalue weighted by Crippen LogP contribution is -2.17. The number of furan rings is 1. The van der Waals surface area contributed by atoms with Gasteiger partial charge in [-0.3, -0.25) is 14.9 Å². The van der Waals surface area contributed by atoms with Gasteiger partial charge < -0.3 is 9.15 Å². The molecule has 0 unspecified atom stereocenters. The van der Waals surface area contributed by atoms with Crippen molar-refractivity contribution in [3.63, 3.8) is 0 Å². The summed E-state index contributed by atoms with van der Waals surface area (Å²) >= 11 is 2.12. The Labute approximate surface area is 179 Å². The molecule has 2 aromatic carbocycles. The van der Waals surface area contributed by atoms with Gasteiger partial charge >= 0.3 is 0 Å². The number of ether oxygens (including phenoxy) is 1. The second kappa shape index (κ2) is 8.86. The van der Waals surface area contributed by atoms with Gasteiger partial charge in [-0.05, 0) is 65.4 Å². The Kier molecular flexibility index (Phi) is 6.27. The minimum absolute atomic E-state index is 0.0163. The fraction of sp³-hybridized carbons (Fsp3) is 0.100. The molecule has 9 heteroatoms. The molecule has 0 fully saturated rings. The van der Waals surface area contributed by atoms with E-state index in [0.29, 0.717) is 28.4 Å². The minimum Gasteiger partial charge on any atom is -0.496 e. The molecule has 0 atom stereocenters. The molecule has 0 spiro atoms. The molecule has 148 valence electrons. The van der Waals surface area contributed by atoms with Crippen LogP contribution in [0.15, 0.2) is 58.0 Å². The number of carbonyl (C=O) groups is 1. The molecule has 3 aromatic rings. The Morgan fingerprint density at radius 3 is 2.76 bits per heavy atom. The van der Waals surface area contributed by atoms with Crippen LogP contribution in [0.1, 0.15) is 21.7 Å². The van der Waals surface area contributed by atoms with Gasteiger partial charge in [0.15, 0.2) is 0 Å². The van der Waals surface area contributed by atoms with Crippen molar-refractivity contribution in [3.05, 3.63) is 79.1 Å². The van der Waals surface area contributed by atoms with Crippen LogP contribution in [0.5, 0.6) is 5.75 Å². The highest BCUT2D eigenvalue weighted by molar-refractivity contribution is 14.1. The number of nitro groups is 1. The first-order valence-corrected chi connectivity index (χ1v) is 9.49. The van der Waals surface area contributed by atoms with Crippen molar-refractivity contribution in [2.75, 3.05) is 7.11 Å². The van der Waals surface area contributed by atoms with E-state index in [1.165, 1.54) is 25.5 Å². The molecule has 1 N–H and O–H groups in total. The number of amides is 1. The summed E-state index contributed by atoms with van der Waals surface area (Å²) in [6.45, 7) is 1.84. The summed E-state index contributed by atoms with van der Waals surface area (Å²) in [5.41, 5.74) is 4.28. The van der Waals surface area contributed by atoms with Crippen molar-refractivity contribution >= 4 is 40.4 Å². The average Bonchev–Trinajstić information content (AvgIpc) is 3.17. The molecule has 0 aliphatic heterocycles. The monoisotopic (exact) mass is 505 g/mol. The van der Waals surface area contributed by atoms with Crippen LogP contribution in [0, 0.1) is 20.6 Å². The summed E-state index contributed by atoms with van der Waals surface area (Å²) in [5, 5.41) is 14.9. The third-order valence-corrected chi connectivity index (χ3v) is 4.99. The molecular weight excluding hydrogens is 489 g/mol. The number of hydrogen-bond acceptors (Lipinski definition) is 6. The fourth-order valence-corrected chi connectivity index (χ4v) is 3.13. The van der Waals surface area contributed by atoms with Crippen LogP contribution in [-0.2, 0) is 0 Å². The number of nitrogens with zero attached hydrogens (tertiary/aromatic N) is 2. The number of hydrazone groups is 1. The Hall–Kier alpha value is -3.21. The van der Waals surface area contributed by atoms with Crippen molar-refractivity contribution in [1.82, 2.24) is 5.43 Å². The molecular formula is C20H16IN3O5. The topological polar surface area (TPSA) is 107 Å². The van der Waals surface area contributed by atoms with E-state index in [1.807, 2.05) is 6.92 Å². The van der Waals surface area contributed by atoms with E-state index >= 15 is 0 Å². The van der Waals surface area contributed by atoms with Crippen LogP contribution in [0.3, 0.4) is 0 Å². The standard InChI is InChI=1S/C20H16IN3O5/c1-12-3-5-14(24(26)27)10-16(12)18-8-6-15(29-18)11-22-23-20(25)13-4-7-17(21)19(9-13)28-2/h3-11H,1-2H3,(H,23,25)/b22-11-. The number of benzene rings is 2. The molecule has 1 amide bonds. The van der Waals surface area contributed by atoms with Gasteiger partial charge in [-0.25, -0.2) is 5.43 Å². The lowest BCUT2D eigenvalue weighted by Gasteiger charge is -2.05. The molecule has 0 saturated heterocycles. The van der Waals surface area contributed by atoms with E-state index < -0.39 is 10.8 Å². The Morgan fingerprint density at radius 1 is 1.24 bits per heavy atom. The highest BCUT2D eigenvalue weighted by Gasteiger charge is 2.13. The van der Waals surface area contributed by atoms with Gasteiger partial charge in [0.1, 0.15) is 17.3 Å². The zero-order valence-electron chi connectivity index (χ0n) is 15.5. The lowest BCUT2D eigenvalue weighted by atomic mass is 10.1. The Morgan fingerprint density at radius 2 is 2.03 bits per heavy atom. The molecule has 1 aromatic heterocycles. The van der Waals surface area contributed by atoms with Crippen molar-refractivity contribution in [3.8, 4) is 17.1 Å². The van der Waals surface area contributed by atoms with Crippen LogP contribution in [0.4, 0.5) is 5.69 Å². The minimum atomic E-state index is -0.455. The number of hydrogen-bond donors (Lipinski definition) is 1. The maximum Gasteiger partial charge on any atom is 0.271 e. The number of aryl methyl sites for hydroxylation is 1. The third kappa shape index (κ3) is 4.80. The summed E-state index contributed by atoms with van der Waals surface area (Å²) in [7, 11) is 1.54. The summed E-state index contributed by atoms with van der Waals surface area (Å²) < 4.78 is 11.8. The molecule has 0 bridgehead atoms. The quantitative estimate of drug-likeness (QED) is 0.229. The fourth-order valence-electron chi connectivity index (χ4n) is 2.58. The molecule has 1 heterocycles. The normalized spacial score (nSPS) is 10.9. The molecule has 29 heavy (non-hydrogen) atoms. The Balaban J connectivity index is 1.72. The van der Waals surface area contributed by atoms with Gasteiger partial charge in [0.05, 0.1) is 21.8 Å². The second-order valence-electron chi connectivity index (χ2n) is 6.01. The molecule has 0 saturated carbocycles. The predicted octanol–water partition coefficient (Wildman–Crippen LogP) is 4.54. The molecule has 0 radical (unpaired) electrons. The summed E-state index contributed by atoms with van der Waals surface area (Å²) in [4.78, 5) is 22.7. The zero-order chi connectivity index (χ0) is 21.0. The van der Waals surface area contributed by atoms with Gasteiger partial charge in [0.25, 0.3) is 11.6 Å². The van der Waals surface area contributed by atoms with E-state index in [1.54, 1.807) is 36.4 Å². The van der Waals surface area contributed by atoms with Crippen LogP contribution in [0.2, 0.25) is 0 Å². The van der Waals surface area contributed by atoms with Crippen LogP contribution in [-0.4, -0.2) is 24.2 Å². The number of halogens is 1. The number of rotatable bonds is 6. The van der Waals surface area contributed by atoms with Gasteiger partial charge in [-0.1, -0.05) is 6.07 Å². The summed E-state index contributed by atoms with van der Waals surface area (Å²) in [6, 6.07) is 13.0. The first-order valence-electron chi connectivity index (χ1n) is 8.41. The van der Waals surface area contributed by atoms with E-state index in [0.717, 1.165) is 9.13 Å². The van der Waals surface area contributed by atoms with Gasteiger partial charge in [0.2, 0.25) is 0 Å². The van der Waals surface area contributed by atoms with Crippen LogP contribution in [0.25, 0.3) is 11.3 Å². The molecule has 3 rings (SSSR count). The van der Waals surface area contributed by atoms with E-state index in [4.69, 9.17) is 9.15 Å². The maximum absolute atomic E-state index is 12.2.